The van der Waals surface area contributed by atoms with Crippen molar-refractivity contribution in [3.8, 4) is 0 Å². The standard InChI is InChI=1S/C12H16F3NO5/c1-2-6-20-11(19)16-5-3-4-8(9(16)10(17)18)21-7-12(13,14)15/h2,8-9H,1,3-7H2,(H,17,18). The van der Waals surface area contributed by atoms with Gasteiger partial charge in [0.25, 0.3) is 0 Å². The quantitative estimate of drug-likeness (QED) is 0.784. The van der Waals surface area contributed by atoms with Crippen molar-refractivity contribution in [1.29, 1.82) is 0 Å². The lowest BCUT2D eigenvalue weighted by Crippen LogP contribution is -2.56. The first kappa shape index (κ1) is 17.3. The number of likely N-dealkylation sites (tertiary alicyclic amines) is 1. The Hall–Kier alpha value is -1.77. The molecule has 0 aromatic rings. The molecule has 1 aliphatic heterocycles. The number of alkyl halides is 3. The number of carbonyl (C=O) groups is 2. The summed E-state index contributed by atoms with van der Waals surface area (Å²) in [6.45, 7) is 1.75. The molecule has 0 saturated carbocycles. The number of hydrogen-bond acceptors (Lipinski definition) is 4. The number of nitrogens with zero attached hydrogens (tertiary/aromatic N) is 1. The van der Waals surface area contributed by atoms with Crippen LogP contribution in [0.5, 0.6) is 0 Å². The lowest BCUT2D eigenvalue weighted by Gasteiger charge is -2.37. The molecule has 21 heavy (non-hydrogen) atoms. The number of halogens is 3. The maximum Gasteiger partial charge on any atom is 0.411 e. The van der Waals surface area contributed by atoms with Gasteiger partial charge in [-0.15, -0.1) is 0 Å². The lowest BCUT2D eigenvalue weighted by molar-refractivity contribution is -0.198. The number of amides is 1. The molecule has 1 saturated heterocycles. The molecule has 9 heteroatoms. The highest BCUT2D eigenvalue weighted by Gasteiger charge is 2.42. The average Bonchev–Trinajstić information content (AvgIpc) is 2.41. The van der Waals surface area contributed by atoms with E-state index in [9.17, 15) is 22.8 Å². The van der Waals surface area contributed by atoms with Gasteiger partial charge in [-0.3, -0.25) is 4.90 Å². The van der Waals surface area contributed by atoms with Gasteiger partial charge in [-0.2, -0.15) is 13.2 Å². The van der Waals surface area contributed by atoms with Crippen LogP contribution in [0.15, 0.2) is 12.7 Å². The van der Waals surface area contributed by atoms with E-state index in [1.165, 1.54) is 6.08 Å². The molecule has 1 amide bonds. The number of carbonyl (C=O) groups excluding carboxylic acids is 1. The van der Waals surface area contributed by atoms with Crippen LogP contribution < -0.4 is 0 Å². The Bertz CT molecular complexity index is 399. The van der Waals surface area contributed by atoms with Crippen LogP contribution >= 0.6 is 0 Å². The average molecular weight is 311 g/mol. The SMILES string of the molecule is C=CCOC(=O)N1CCCC(OCC(F)(F)F)C1C(=O)O. The lowest BCUT2D eigenvalue weighted by atomic mass is 9.99. The van der Waals surface area contributed by atoms with Crippen molar-refractivity contribution in [3.63, 3.8) is 0 Å². The van der Waals surface area contributed by atoms with Crippen molar-refractivity contribution in [3.05, 3.63) is 12.7 Å². The number of rotatable bonds is 5. The summed E-state index contributed by atoms with van der Waals surface area (Å²) in [6, 6.07) is -1.50. The number of carboxylic acid groups (broad SMARTS) is 1. The Morgan fingerprint density at radius 3 is 2.62 bits per heavy atom. The van der Waals surface area contributed by atoms with Crippen molar-refractivity contribution in [2.75, 3.05) is 19.8 Å². The van der Waals surface area contributed by atoms with Crippen molar-refractivity contribution in [2.24, 2.45) is 0 Å². The Morgan fingerprint density at radius 1 is 1.43 bits per heavy atom. The van der Waals surface area contributed by atoms with Crippen LogP contribution in [0.4, 0.5) is 18.0 Å². The molecule has 2 atom stereocenters. The fourth-order valence-corrected chi connectivity index (χ4v) is 2.05. The van der Waals surface area contributed by atoms with Crippen LogP contribution in [0.3, 0.4) is 0 Å². The molecule has 1 rings (SSSR count). The van der Waals surface area contributed by atoms with Gasteiger partial charge in [-0.05, 0) is 12.8 Å². The van der Waals surface area contributed by atoms with E-state index >= 15 is 0 Å². The van der Waals surface area contributed by atoms with Gasteiger partial charge in [0.05, 0.1) is 6.10 Å². The number of piperidine rings is 1. The molecular formula is C12H16F3NO5. The highest BCUT2D eigenvalue weighted by molar-refractivity contribution is 5.81. The number of hydrogen-bond donors (Lipinski definition) is 1. The Kier molecular flexibility index (Phi) is 6.01. The van der Waals surface area contributed by atoms with Crippen LogP contribution in [0.25, 0.3) is 0 Å². The molecule has 2 unspecified atom stereocenters. The molecule has 0 aromatic carbocycles. The zero-order chi connectivity index (χ0) is 16.0. The molecular weight excluding hydrogens is 295 g/mol. The van der Waals surface area contributed by atoms with Crippen molar-refractivity contribution in [2.45, 2.75) is 31.2 Å². The molecule has 0 bridgehead atoms. The topological polar surface area (TPSA) is 76.1 Å². The highest BCUT2D eigenvalue weighted by atomic mass is 19.4. The predicted octanol–water partition coefficient (Wildman–Crippen LogP) is 1.81. The number of carboxylic acids is 1. The molecule has 0 aliphatic carbocycles. The van der Waals surface area contributed by atoms with E-state index in [0.717, 1.165) is 4.90 Å². The Balaban J connectivity index is 2.77. The molecule has 1 fully saturated rings. The van der Waals surface area contributed by atoms with Gasteiger partial charge in [-0.25, -0.2) is 9.59 Å². The minimum absolute atomic E-state index is 0.0822. The molecule has 0 spiro atoms. The van der Waals surface area contributed by atoms with Gasteiger partial charge in [0, 0.05) is 6.54 Å². The maximum atomic E-state index is 12.2. The summed E-state index contributed by atoms with van der Waals surface area (Å²) in [4.78, 5) is 23.9. The summed E-state index contributed by atoms with van der Waals surface area (Å²) >= 11 is 0. The summed E-state index contributed by atoms with van der Waals surface area (Å²) in [7, 11) is 0. The summed E-state index contributed by atoms with van der Waals surface area (Å²) in [5.74, 6) is -1.43. The second-order valence-electron chi connectivity index (χ2n) is 4.45. The van der Waals surface area contributed by atoms with Crippen LogP contribution in [-0.4, -0.2) is 60.1 Å². The van der Waals surface area contributed by atoms with E-state index in [0.29, 0.717) is 6.42 Å². The first-order chi connectivity index (χ1) is 9.76. The monoisotopic (exact) mass is 311 g/mol. The summed E-state index contributed by atoms with van der Waals surface area (Å²) in [6.07, 6.45) is -4.95. The van der Waals surface area contributed by atoms with E-state index in [-0.39, 0.29) is 19.6 Å². The summed E-state index contributed by atoms with van der Waals surface area (Å²) in [5.41, 5.74) is 0. The normalized spacial score (nSPS) is 22.7. The Labute approximate surface area is 119 Å². The van der Waals surface area contributed by atoms with Crippen molar-refractivity contribution < 1.29 is 37.3 Å². The molecule has 1 N–H and O–H groups in total. The molecule has 6 nitrogen and oxygen atoms in total. The van der Waals surface area contributed by atoms with Gasteiger partial charge >= 0.3 is 18.2 Å². The van der Waals surface area contributed by atoms with E-state index in [4.69, 9.17) is 9.84 Å². The third kappa shape index (κ3) is 5.25. The highest BCUT2D eigenvalue weighted by Crippen LogP contribution is 2.24. The fraction of sp³-hybridized carbons (Fsp3) is 0.667. The van der Waals surface area contributed by atoms with E-state index < -0.39 is 37.0 Å². The van der Waals surface area contributed by atoms with Gasteiger partial charge in [0.1, 0.15) is 13.2 Å². The second kappa shape index (κ2) is 7.30. The van der Waals surface area contributed by atoms with E-state index in [1.807, 2.05) is 0 Å². The fourth-order valence-electron chi connectivity index (χ4n) is 2.05. The minimum Gasteiger partial charge on any atom is -0.480 e. The van der Waals surface area contributed by atoms with E-state index in [2.05, 4.69) is 11.3 Å². The third-order valence-corrected chi connectivity index (χ3v) is 2.85. The van der Waals surface area contributed by atoms with Gasteiger partial charge < -0.3 is 14.6 Å². The Morgan fingerprint density at radius 2 is 2.10 bits per heavy atom. The molecule has 1 heterocycles. The van der Waals surface area contributed by atoms with Crippen LogP contribution in [0.2, 0.25) is 0 Å². The van der Waals surface area contributed by atoms with Gasteiger partial charge in [0.2, 0.25) is 0 Å². The summed E-state index contributed by atoms with van der Waals surface area (Å²) in [5, 5.41) is 9.15. The first-order valence-corrected chi connectivity index (χ1v) is 6.21. The van der Waals surface area contributed by atoms with Crippen LogP contribution in [-0.2, 0) is 14.3 Å². The maximum absolute atomic E-state index is 12.2. The first-order valence-electron chi connectivity index (χ1n) is 6.21. The van der Waals surface area contributed by atoms with Gasteiger partial charge in [0.15, 0.2) is 6.04 Å². The molecule has 1 aliphatic rings. The molecule has 0 radical (unpaired) electrons. The third-order valence-electron chi connectivity index (χ3n) is 2.85. The predicted molar refractivity (Wildman–Crippen MR) is 64.7 cm³/mol. The van der Waals surface area contributed by atoms with E-state index in [1.54, 1.807) is 0 Å². The number of ether oxygens (including phenoxy) is 2. The van der Waals surface area contributed by atoms with Crippen LogP contribution in [0.1, 0.15) is 12.8 Å². The van der Waals surface area contributed by atoms with Crippen molar-refractivity contribution >= 4 is 12.1 Å². The number of aliphatic carboxylic acids is 1. The summed E-state index contributed by atoms with van der Waals surface area (Å²) < 4.78 is 45.9. The zero-order valence-corrected chi connectivity index (χ0v) is 11.1. The minimum atomic E-state index is -4.56. The molecule has 0 aromatic heterocycles. The van der Waals surface area contributed by atoms with Gasteiger partial charge in [-0.1, -0.05) is 12.7 Å². The van der Waals surface area contributed by atoms with Crippen molar-refractivity contribution in [1.82, 2.24) is 4.90 Å². The smallest absolute Gasteiger partial charge is 0.411 e. The largest absolute Gasteiger partial charge is 0.480 e. The zero-order valence-electron chi connectivity index (χ0n) is 11.1. The second-order valence-corrected chi connectivity index (χ2v) is 4.45. The van der Waals surface area contributed by atoms with Crippen LogP contribution in [0, 0.1) is 0 Å². The molecule has 120 valence electrons.